The maximum Gasteiger partial charge on any atom is 0.0837 e. The molecule has 1 heteroatoms. The van der Waals surface area contributed by atoms with Gasteiger partial charge < -0.3 is 0 Å². The molecule has 0 saturated carbocycles. The van der Waals surface area contributed by atoms with Gasteiger partial charge in [-0.2, -0.15) is 0 Å². The quantitative estimate of drug-likeness (QED) is 0.281. The Morgan fingerprint density at radius 3 is 1.95 bits per heavy atom. The molecule has 0 aliphatic carbocycles. The van der Waals surface area contributed by atoms with Crippen molar-refractivity contribution in [3.63, 3.8) is 0 Å². The van der Waals surface area contributed by atoms with Crippen LogP contribution < -0.4 is 0 Å². The maximum atomic E-state index is 3.82. The number of hydrogen-bond donors (Lipinski definition) is 0. The van der Waals surface area contributed by atoms with Crippen LogP contribution in [0, 0.1) is 0 Å². The van der Waals surface area contributed by atoms with Crippen molar-refractivity contribution in [2.24, 2.45) is 0 Å². The van der Waals surface area contributed by atoms with Crippen LogP contribution in [-0.4, -0.2) is 19.5 Å². The van der Waals surface area contributed by atoms with Gasteiger partial charge in [-0.1, -0.05) is 82.4 Å². The van der Waals surface area contributed by atoms with Crippen LogP contribution in [-0.2, 0) is 6.16 Å². The molecule has 0 atom stereocenters. The summed E-state index contributed by atoms with van der Waals surface area (Å²) in [6.07, 6.45) is 16.1. The summed E-state index contributed by atoms with van der Waals surface area (Å²) >= 11 is 0. The molecule has 0 spiro atoms. The minimum atomic E-state index is -0.780. The summed E-state index contributed by atoms with van der Waals surface area (Å²) in [5, 5.41) is 0. The van der Waals surface area contributed by atoms with Crippen LogP contribution in [0.4, 0.5) is 0 Å². The van der Waals surface area contributed by atoms with E-state index in [1.165, 1.54) is 74.8 Å². The Balaban J connectivity index is 2.18. The molecule has 0 nitrogen and oxygen atoms in total. The SMILES string of the molecule is C=Cc1ccc(C[P+](C)(C)CCCCCCCCCC)cc1. The second-order valence-corrected chi connectivity index (χ2v) is 11.9. The van der Waals surface area contributed by atoms with Crippen molar-refractivity contribution in [1.29, 1.82) is 0 Å². The lowest BCUT2D eigenvalue weighted by Gasteiger charge is -2.18. The van der Waals surface area contributed by atoms with Crippen LogP contribution in [0.2, 0.25) is 0 Å². The van der Waals surface area contributed by atoms with E-state index in [4.69, 9.17) is 0 Å². The largest absolute Gasteiger partial charge is 0.0985 e. The Hall–Kier alpha value is -0.610. The van der Waals surface area contributed by atoms with Gasteiger partial charge in [0, 0.05) is 20.6 Å². The monoisotopic (exact) mass is 319 g/mol. The highest BCUT2D eigenvalue weighted by Gasteiger charge is 2.24. The van der Waals surface area contributed by atoms with Crippen LogP contribution in [0.15, 0.2) is 30.8 Å². The average molecular weight is 319 g/mol. The van der Waals surface area contributed by atoms with Crippen molar-refractivity contribution in [2.75, 3.05) is 19.5 Å². The molecule has 0 amide bonds. The molecule has 1 rings (SSSR count). The van der Waals surface area contributed by atoms with Gasteiger partial charge in [0.05, 0.1) is 12.3 Å². The molecule has 124 valence electrons. The van der Waals surface area contributed by atoms with E-state index in [1.54, 1.807) is 0 Å². The normalized spacial score (nSPS) is 11.6. The summed E-state index contributed by atoms with van der Waals surface area (Å²) in [6, 6.07) is 8.95. The fourth-order valence-electron chi connectivity index (χ4n) is 3.01. The molecule has 0 aliphatic rings. The van der Waals surface area contributed by atoms with Gasteiger partial charge in [0.25, 0.3) is 0 Å². The molecule has 1 aromatic carbocycles. The predicted molar refractivity (Wildman–Crippen MR) is 106 cm³/mol. The topological polar surface area (TPSA) is 0 Å². The summed E-state index contributed by atoms with van der Waals surface area (Å²) in [6.45, 7) is 11.2. The highest BCUT2D eigenvalue weighted by Crippen LogP contribution is 2.55. The van der Waals surface area contributed by atoms with Crippen molar-refractivity contribution in [3.8, 4) is 0 Å². The molecule has 0 saturated heterocycles. The molecule has 1 aromatic rings. The predicted octanol–water partition coefficient (Wildman–Crippen LogP) is 7.25. The van der Waals surface area contributed by atoms with Crippen LogP contribution in [0.3, 0.4) is 0 Å². The first-order valence-corrected chi connectivity index (χ1v) is 12.2. The molecular formula is C21H36P+. The van der Waals surface area contributed by atoms with E-state index < -0.39 is 7.26 Å². The van der Waals surface area contributed by atoms with Gasteiger partial charge in [-0.05, 0) is 24.0 Å². The summed E-state index contributed by atoms with van der Waals surface area (Å²) < 4.78 is 0. The van der Waals surface area contributed by atoms with E-state index in [0.717, 1.165) is 0 Å². The van der Waals surface area contributed by atoms with E-state index in [2.05, 4.69) is 51.1 Å². The van der Waals surface area contributed by atoms with Crippen molar-refractivity contribution >= 4 is 13.3 Å². The maximum absolute atomic E-state index is 3.82. The highest BCUT2D eigenvalue weighted by atomic mass is 31.2. The molecule has 0 bridgehead atoms. The smallest absolute Gasteiger partial charge is 0.0837 e. The number of benzene rings is 1. The van der Waals surface area contributed by atoms with Crippen LogP contribution in [0.1, 0.15) is 69.4 Å². The van der Waals surface area contributed by atoms with E-state index in [9.17, 15) is 0 Å². The fourth-order valence-corrected chi connectivity index (χ4v) is 5.44. The first-order valence-electron chi connectivity index (χ1n) is 9.11. The summed E-state index contributed by atoms with van der Waals surface area (Å²) in [4.78, 5) is 0. The first-order chi connectivity index (χ1) is 10.6. The van der Waals surface area contributed by atoms with Gasteiger partial charge in [-0.3, -0.25) is 0 Å². The van der Waals surface area contributed by atoms with Crippen LogP contribution in [0.25, 0.3) is 6.08 Å². The van der Waals surface area contributed by atoms with Crippen molar-refractivity contribution in [1.82, 2.24) is 0 Å². The third kappa shape index (κ3) is 8.74. The Labute approximate surface area is 139 Å². The zero-order chi connectivity index (χ0) is 16.3. The second kappa shape index (κ2) is 11.0. The fraction of sp³-hybridized carbons (Fsp3) is 0.619. The van der Waals surface area contributed by atoms with E-state index in [-0.39, 0.29) is 0 Å². The average Bonchev–Trinajstić information content (AvgIpc) is 2.50. The Morgan fingerprint density at radius 1 is 0.864 bits per heavy atom. The highest BCUT2D eigenvalue weighted by molar-refractivity contribution is 7.73. The van der Waals surface area contributed by atoms with Gasteiger partial charge >= 0.3 is 0 Å². The molecule has 0 fully saturated rings. The van der Waals surface area contributed by atoms with Crippen molar-refractivity contribution in [2.45, 2.75) is 64.5 Å². The third-order valence-electron chi connectivity index (χ3n) is 4.44. The number of hydrogen-bond acceptors (Lipinski definition) is 0. The minimum Gasteiger partial charge on any atom is -0.0985 e. The van der Waals surface area contributed by atoms with Gasteiger partial charge in [-0.25, -0.2) is 0 Å². The summed E-state index contributed by atoms with van der Waals surface area (Å²) in [7, 11) is -0.780. The third-order valence-corrected chi connectivity index (χ3v) is 7.19. The lowest BCUT2D eigenvalue weighted by Crippen LogP contribution is -2.00. The van der Waals surface area contributed by atoms with Gasteiger partial charge in [0.1, 0.15) is 0 Å². The second-order valence-electron chi connectivity index (χ2n) is 7.24. The molecule has 0 aromatic heterocycles. The molecule has 0 unspecified atom stereocenters. The summed E-state index contributed by atoms with van der Waals surface area (Å²) in [5.74, 6) is 0. The lowest BCUT2D eigenvalue weighted by molar-refractivity contribution is 0.585. The van der Waals surface area contributed by atoms with Gasteiger partial charge in [0.15, 0.2) is 0 Å². The van der Waals surface area contributed by atoms with Crippen LogP contribution >= 0.6 is 7.26 Å². The van der Waals surface area contributed by atoms with Gasteiger partial charge in [0.2, 0.25) is 0 Å². The van der Waals surface area contributed by atoms with E-state index in [0.29, 0.717) is 0 Å². The Bertz CT molecular complexity index is 402. The minimum absolute atomic E-state index is 0.780. The van der Waals surface area contributed by atoms with Gasteiger partial charge in [-0.15, -0.1) is 0 Å². The van der Waals surface area contributed by atoms with E-state index >= 15 is 0 Å². The first kappa shape index (κ1) is 19.4. The van der Waals surface area contributed by atoms with E-state index in [1.807, 2.05) is 6.08 Å². The standard InChI is InChI=1S/C21H36P/c1-5-7-8-9-10-11-12-13-18-22(3,4)19-21-16-14-20(6-2)15-17-21/h6,14-17H,2,5,7-13,18-19H2,1,3-4H3/q+1. The summed E-state index contributed by atoms with van der Waals surface area (Å²) in [5.41, 5.74) is 2.73. The molecule has 22 heavy (non-hydrogen) atoms. The van der Waals surface area contributed by atoms with Crippen molar-refractivity contribution in [3.05, 3.63) is 42.0 Å². The Kier molecular flexibility index (Phi) is 9.73. The lowest BCUT2D eigenvalue weighted by atomic mass is 10.1. The van der Waals surface area contributed by atoms with Crippen molar-refractivity contribution < 1.29 is 0 Å². The Morgan fingerprint density at radius 2 is 1.41 bits per heavy atom. The number of rotatable bonds is 12. The van der Waals surface area contributed by atoms with Crippen LogP contribution in [0.5, 0.6) is 0 Å². The molecule has 0 N–H and O–H groups in total. The molecule has 0 radical (unpaired) electrons. The number of unbranched alkanes of at least 4 members (excludes halogenated alkanes) is 7. The molecule has 0 heterocycles. The molecular weight excluding hydrogens is 283 g/mol. The molecule has 0 aliphatic heterocycles. The zero-order valence-corrected chi connectivity index (χ0v) is 16.0. The zero-order valence-electron chi connectivity index (χ0n) is 15.1.